The number of sulfonamides is 1. The van der Waals surface area contributed by atoms with Crippen LogP contribution < -0.4 is 24.2 Å². The van der Waals surface area contributed by atoms with E-state index in [0.717, 1.165) is 67.8 Å². The third-order valence-electron chi connectivity index (χ3n) is 6.63. The molecule has 2 amide bonds. The molecule has 8 nitrogen and oxygen atoms in total. The molecule has 2 N–H and O–H groups in total. The molecule has 0 unspecified atom stereocenters. The Labute approximate surface area is 237 Å². The lowest BCUT2D eigenvalue weighted by atomic mass is 9.96. The molecule has 1 saturated carbocycles. The molecule has 9 heteroatoms. The van der Waals surface area contributed by atoms with Crippen LogP contribution in [-0.4, -0.2) is 33.7 Å². The molecule has 3 aromatic rings. The Morgan fingerprint density at radius 2 is 1.60 bits per heavy atom. The highest BCUT2D eigenvalue weighted by atomic mass is 32.2. The van der Waals surface area contributed by atoms with Crippen LogP contribution in [-0.2, 0) is 16.4 Å². The summed E-state index contributed by atoms with van der Waals surface area (Å²) in [5, 5.41) is 2.77. The van der Waals surface area contributed by atoms with Crippen LogP contribution in [0.3, 0.4) is 0 Å². The van der Waals surface area contributed by atoms with Crippen molar-refractivity contribution in [2.75, 3.05) is 13.2 Å². The molecular formula is C31H38N2O6S. The Morgan fingerprint density at radius 3 is 2.38 bits per heavy atom. The zero-order valence-electron chi connectivity index (χ0n) is 22.9. The zero-order chi connectivity index (χ0) is 28.2. The summed E-state index contributed by atoms with van der Waals surface area (Å²) in [4.78, 5) is 12.2. The number of urea groups is 1. The predicted molar refractivity (Wildman–Crippen MR) is 155 cm³/mol. The number of hydrogen-bond donors (Lipinski definition) is 2. The first-order valence-corrected chi connectivity index (χ1v) is 15.5. The molecule has 1 aliphatic carbocycles. The highest BCUT2D eigenvalue weighted by molar-refractivity contribution is 7.90. The normalized spacial score (nSPS) is 13.8. The topological polar surface area (TPSA) is 103 Å². The fourth-order valence-electron chi connectivity index (χ4n) is 4.65. The van der Waals surface area contributed by atoms with E-state index in [1.807, 2.05) is 48.5 Å². The zero-order valence-corrected chi connectivity index (χ0v) is 23.8. The van der Waals surface area contributed by atoms with Gasteiger partial charge in [-0.15, -0.1) is 0 Å². The maximum Gasteiger partial charge on any atom is 0.328 e. The molecule has 214 valence electrons. The first-order chi connectivity index (χ1) is 19.4. The molecule has 40 heavy (non-hydrogen) atoms. The second-order valence-corrected chi connectivity index (χ2v) is 11.6. The fraction of sp³-hybridized carbons (Fsp3) is 0.387. The average Bonchev–Trinajstić information content (AvgIpc) is 2.95. The summed E-state index contributed by atoms with van der Waals surface area (Å²) in [6.45, 7) is 2.91. The Kier molecular flexibility index (Phi) is 10.7. The quantitative estimate of drug-likeness (QED) is 0.226. The van der Waals surface area contributed by atoms with Gasteiger partial charge in [-0.1, -0.05) is 56.9 Å². The molecule has 0 aliphatic heterocycles. The van der Waals surface area contributed by atoms with Crippen LogP contribution in [0.1, 0.15) is 57.4 Å². The van der Waals surface area contributed by atoms with E-state index >= 15 is 0 Å². The molecule has 1 aliphatic rings. The van der Waals surface area contributed by atoms with Gasteiger partial charge in [0.05, 0.1) is 18.1 Å². The van der Waals surface area contributed by atoms with Gasteiger partial charge < -0.3 is 19.5 Å². The number of aryl methyl sites for hydroxylation is 1. The number of nitrogens with one attached hydrogen (secondary N) is 2. The summed E-state index contributed by atoms with van der Waals surface area (Å²) in [6.07, 6.45) is 7.41. The lowest BCUT2D eigenvalue weighted by Crippen LogP contribution is -2.45. The van der Waals surface area contributed by atoms with Gasteiger partial charge in [0.15, 0.2) is 0 Å². The van der Waals surface area contributed by atoms with E-state index in [9.17, 15) is 13.2 Å². The van der Waals surface area contributed by atoms with Gasteiger partial charge >= 0.3 is 6.03 Å². The van der Waals surface area contributed by atoms with Gasteiger partial charge in [-0.2, -0.15) is 0 Å². The van der Waals surface area contributed by atoms with E-state index in [1.54, 1.807) is 12.1 Å². The fourth-order valence-corrected chi connectivity index (χ4v) is 5.60. The van der Waals surface area contributed by atoms with Crippen molar-refractivity contribution in [1.82, 2.24) is 10.0 Å². The van der Waals surface area contributed by atoms with Gasteiger partial charge in [-0.05, 0) is 67.3 Å². The summed E-state index contributed by atoms with van der Waals surface area (Å²) >= 11 is 0. The lowest BCUT2D eigenvalue weighted by molar-refractivity contribution is 0.237. The van der Waals surface area contributed by atoms with E-state index < -0.39 is 16.1 Å². The molecule has 0 atom stereocenters. The Hall–Kier alpha value is -3.72. The van der Waals surface area contributed by atoms with Gasteiger partial charge in [-0.25, -0.2) is 17.9 Å². The molecule has 4 rings (SSSR count). The van der Waals surface area contributed by atoms with Crippen LogP contribution in [0.15, 0.2) is 77.7 Å². The second-order valence-electron chi connectivity index (χ2n) is 9.87. The standard InChI is InChI=1S/C31H38N2O6S/c1-2-11-24-22-28(39-26-14-7-4-8-15-26)18-19-30(24)38-21-10-20-37-27-16-9-17-29(23-27)40(35,36)33-31(34)32-25-12-5-3-6-13-25/h4,7-9,14-19,22-23,25H,2-3,5-6,10-13,20-21H2,1H3,(H2,32,33,34). The smallest absolute Gasteiger partial charge is 0.328 e. The number of para-hydroxylation sites is 1. The van der Waals surface area contributed by atoms with Crippen molar-refractivity contribution in [1.29, 1.82) is 0 Å². The van der Waals surface area contributed by atoms with Crippen molar-refractivity contribution >= 4 is 16.1 Å². The van der Waals surface area contributed by atoms with E-state index in [0.29, 0.717) is 25.4 Å². The molecule has 0 bridgehead atoms. The lowest BCUT2D eigenvalue weighted by Gasteiger charge is -2.22. The minimum Gasteiger partial charge on any atom is -0.493 e. The van der Waals surface area contributed by atoms with Crippen LogP contribution in [0.5, 0.6) is 23.0 Å². The summed E-state index contributed by atoms with van der Waals surface area (Å²) in [7, 11) is -4.01. The number of carbonyl (C=O) groups is 1. The first-order valence-electron chi connectivity index (χ1n) is 14.0. The summed E-state index contributed by atoms with van der Waals surface area (Å²) in [5.74, 6) is 2.77. The number of amides is 2. The molecule has 0 heterocycles. The maximum atomic E-state index is 12.7. The van der Waals surface area contributed by atoms with Gasteiger partial charge in [0.1, 0.15) is 23.0 Å². The minimum absolute atomic E-state index is 0.0134. The Morgan fingerprint density at radius 1 is 0.850 bits per heavy atom. The van der Waals surface area contributed by atoms with Crippen molar-refractivity contribution in [2.24, 2.45) is 0 Å². The third kappa shape index (κ3) is 8.91. The van der Waals surface area contributed by atoms with E-state index in [-0.39, 0.29) is 10.9 Å². The van der Waals surface area contributed by atoms with Crippen molar-refractivity contribution in [3.8, 4) is 23.0 Å². The molecule has 0 saturated heterocycles. The van der Waals surface area contributed by atoms with Crippen molar-refractivity contribution in [3.05, 3.63) is 78.4 Å². The number of carbonyl (C=O) groups excluding carboxylic acids is 1. The van der Waals surface area contributed by atoms with E-state index in [1.165, 1.54) is 12.1 Å². The third-order valence-corrected chi connectivity index (χ3v) is 7.96. The molecular weight excluding hydrogens is 528 g/mol. The predicted octanol–water partition coefficient (Wildman–Crippen LogP) is 6.60. The van der Waals surface area contributed by atoms with Crippen LogP contribution >= 0.6 is 0 Å². The Bertz CT molecular complexity index is 1340. The second kappa shape index (κ2) is 14.6. The summed E-state index contributed by atoms with van der Waals surface area (Å²) < 4.78 is 45.3. The van der Waals surface area contributed by atoms with E-state index in [2.05, 4.69) is 17.0 Å². The first kappa shape index (κ1) is 29.3. The maximum absolute atomic E-state index is 12.7. The SMILES string of the molecule is CCCc1cc(Oc2ccccc2)ccc1OCCCOc1cccc(S(=O)(=O)NC(=O)NC2CCCCC2)c1. The molecule has 0 radical (unpaired) electrons. The number of rotatable bonds is 13. The number of ether oxygens (including phenoxy) is 3. The largest absolute Gasteiger partial charge is 0.493 e. The number of hydrogen-bond acceptors (Lipinski definition) is 6. The monoisotopic (exact) mass is 566 g/mol. The van der Waals surface area contributed by atoms with Crippen LogP contribution in [0.2, 0.25) is 0 Å². The molecule has 3 aromatic carbocycles. The van der Waals surface area contributed by atoms with Gasteiger partial charge in [0, 0.05) is 18.5 Å². The molecule has 0 spiro atoms. The average molecular weight is 567 g/mol. The highest BCUT2D eigenvalue weighted by Gasteiger charge is 2.21. The van der Waals surface area contributed by atoms with Crippen LogP contribution in [0.4, 0.5) is 4.79 Å². The van der Waals surface area contributed by atoms with Crippen molar-refractivity contribution < 1.29 is 27.4 Å². The number of benzene rings is 3. The molecule has 0 aromatic heterocycles. The minimum atomic E-state index is -4.01. The summed E-state index contributed by atoms with van der Waals surface area (Å²) in [5.41, 5.74) is 1.08. The van der Waals surface area contributed by atoms with Crippen molar-refractivity contribution in [2.45, 2.75) is 69.2 Å². The van der Waals surface area contributed by atoms with Gasteiger partial charge in [0.25, 0.3) is 10.0 Å². The Balaban J connectivity index is 1.25. The summed E-state index contributed by atoms with van der Waals surface area (Å²) in [6, 6.07) is 20.9. The van der Waals surface area contributed by atoms with Crippen LogP contribution in [0.25, 0.3) is 0 Å². The molecule has 1 fully saturated rings. The highest BCUT2D eigenvalue weighted by Crippen LogP contribution is 2.29. The van der Waals surface area contributed by atoms with Crippen LogP contribution in [0, 0.1) is 0 Å². The van der Waals surface area contributed by atoms with Gasteiger partial charge in [-0.3, -0.25) is 0 Å². The van der Waals surface area contributed by atoms with Crippen molar-refractivity contribution in [3.63, 3.8) is 0 Å². The van der Waals surface area contributed by atoms with E-state index in [4.69, 9.17) is 14.2 Å². The van der Waals surface area contributed by atoms with Gasteiger partial charge in [0.2, 0.25) is 0 Å².